The maximum Gasteiger partial charge on any atom is 0.115 e. The minimum absolute atomic E-state index is 0.0745. The highest BCUT2D eigenvalue weighted by atomic mass is 16.3. The van der Waals surface area contributed by atoms with Gasteiger partial charge in [0.05, 0.1) is 0 Å². The Morgan fingerprint density at radius 3 is 2.08 bits per heavy atom. The van der Waals surface area contributed by atoms with Crippen molar-refractivity contribution in [3.8, 4) is 5.75 Å². The van der Waals surface area contributed by atoms with Gasteiger partial charge in [-0.15, -0.1) is 0 Å². The molecule has 0 bridgehead atoms. The molecule has 0 saturated carbocycles. The van der Waals surface area contributed by atoms with E-state index in [1.807, 2.05) is 6.92 Å². The van der Waals surface area contributed by atoms with E-state index in [1.54, 1.807) is 24.3 Å². The van der Waals surface area contributed by atoms with Crippen LogP contribution in [0.25, 0.3) is 0 Å². The predicted octanol–water partition coefficient (Wildman–Crippen LogP) is 0.739. The third-order valence-corrected chi connectivity index (χ3v) is 1.84. The quantitative estimate of drug-likeness (QED) is 0.606. The summed E-state index contributed by atoms with van der Waals surface area (Å²) in [4.78, 5) is 0. The Bertz CT molecular complexity index is 243. The monoisotopic (exact) mass is 166 g/mol. The summed E-state index contributed by atoms with van der Waals surface area (Å²) in [6.07, 6.45) is 0. The molecule has 5 N–H and O–H groups in total. The Hall–Kier alpha value is -1.06. The number of benzene rings is 1. The Morgan fingerprint density at radius 1 is 1.17 bits per heavy atom. The van der Waals surface area contributed by atoms with Crippen LogP contribution in [0.2, 0.25) is 0 Å². The summed E-state index contributed by atoms with van der Waals surface area (Å²) in [5.41, 5.74) is 12.3. The minimum Gasteiger partial charge on any atom is -0.508 e. The highest BCUT2D eigenvalue weighted by Crippen LogP contribution is 2.16. The lowest BCUT2D eigenvalue weighted by molar-refractivity contribution is 0.474. The molecular formula is C9H14N2O. The van der Waals surface area contributed by atoms with Crippen molar-refractivity contribution in [3.63, 3.8) is 0 Å². The van der Waals surface area contributed by atoms with Crippen molar-refractivity contribution < 1.29 is 5.11 Å². The maximum atomic E-state index is 9.00. The Balaban J connectivity index is 2.82. The van der Waals surface area contributed by atoms with Gasteiger partial charge < -0.3 is 16.6 Å². The fourth-order valence-corrected chi connectivity index (χ4v) is 1.00. The molecule has 0 aromatic heterocycles. The predicted molar refractivity (Wildman–Crippen MR) is 48.7 cm³/mol. The molecule has 0 spiro atoms. The summed E-state index contributed by atoms with van der Waals surface area (Å²) >= 11 is 0. The molecule has 0 saturated heterocycles. The summed E-state index contributed by atoms with van der Waals surface area (Å²) in [5.74, 6) is 0.246. The van der Waals surface area contributed by atoms with E-state index >= 15 is 0 Å². The lowest BCUT2D eigenvalue weighted by Gasteiger charge is -2.15. The van der Waals surface area contributed by atoms with Crippen molar-refractivity contribution in [2.24, 2.45) is 11.5 Å². The first-order chi connectivity index (χ1) is 5.61. The van der Waals surface area contributed by atoms with Crippen LogP contribution in [0, 0.1) is 0 Å². The normalized spacial score (nSPS) is 15.6. The molecule has 0 fully saturated rings. The Kier molecular flexibility index (Phi) is 2.68. The first-order valence-electron chi connectivity index (χ1n) is 3.91. The molecule has 0 aliphatic rings. The van der Waals surface area contributed by atoms with Crippen LogP contribution in [0.5, 0.6) is 5.75 Å². The first-order valence-corrected chi connectivity index (χ1v) is 3.91. The average Bonchev–Trinajstić information content (AvgIpc) is 2.04. The van der Waals surface area contributed by atoms with Crippen LogP contribution in [-0.4, -0.2) is 11.1 Å². The van der Waals surface area contributed by atoms with Gasteiger partial charge in [-0.25, -0.2) is 0 Å². The third-order valence-electron chi connectivity index (χ3n) is 1.84. The zero-order chi connectivity index (χ0) is 9.14. The van der Waals surface area contributed by atoms with Crippen molar-refractivity contribution in [1.82, 2.24) is 0 Å². The van der Waals surface area contributed by atoms with Gasteiger partial charge in [0.25, 0.3) is 0 Å². The van der Waals surface area contributed by atoms with Gasteiger partial charge >= 0.3 is 0 Å². The van der Waals surface area contributed by atoms with Crippen molar-refractivity contribution in [2.45, 2.75) is 19.0 Å². The van der Waals surface area contributed by atoms with Crippen LogP contribution in [-0.2, 0) is 0 Å². The molecule has 0 unspecified atom stereocenters. The number of phenolic OH excluding ortho intramolecular Hbond substituents is 1. The summed E-state index contributed by atoms with van der Waals surface area (Å²) in [6, 6.07) is 6.54. The van der Waals surface area contributed by atoms with E-state index in [0.717, 1.165) is 5.56 Å². The molecule has 66 valence electrons. The van der Waals surface area contributed by atoms with E-state index in [-0.39, 0.29) is 17.8 Å². The second-order valence-corrected chi connectivity index (χ2v) is 2.98. The van der Waals surface area contributed by atoms with Gasteiger partial charge in [0.2, 0.25) is 0 Å². The van der Waals surface area contributed by atoms with E-state index in [1.165, 1.54) is 0 Å². The van der Waals surface area contributed by atoms with Crippen LogP contribution in [0.4, 0.5) is 0 Å². The van der Waals surface area contributed by atoms with Gasteiger partial charge in [-0.2, -0.15) is 0 Å². The second-order valence-electron chi connectivity index (χ2n) is 2.98. The summed E-state index contributed by atoms with van der Waals surface area (Å²) in [7, 11) is 0. The number of hydrogen-bond acceptors (Lipinski definition) is 3. The maximum absolute atomic E-state index is 9.00. The van der Waals surface area contributed by atoms with Crippen molar-refractivity contribution in [2.75, 3.05) is 0 Å². The number of phenols is 1. The standard InChI is InChI=1S/C9H14N2O/c1-6(10)9(11)7-2-4-8(12)5-3-7/h2-6,9,12H,10-11H2,1H3/t6-,9-/m1/s1. The molecule has 2 atom stereocenters. The largest absolute Gasteiger partial charge is 0.508 e. The number of rotatable bonds is 2. The van der Waals surface area contributed by atoms with E-state index in [2.05, 4.69) is 0 Å². The minimum atomic E-state index is -0.161. The van der Waals surface area contributed by atoms with Gasteiger partial charge in [-0.05, 0) is 24.6 Å². The van der Waals surface area contributed by atoms with Crippen molar-refractivity contribution in [1.29, 1.82) is 0 Å². The smallest absolute Gasteiger partial charge is 0.115 e. The molecule has 0 amide bonds. The fraction of sp³-hybridized carbons (Fsp3) is 0.333. The van der Waals surface area contributed by atoms with Crippen LogP contribution in [0.1, 0.15) is 18.5 Å². The summed E-state index contributed by atoms with van der Waals surface area (Å²) in [5, 5.41) is 9.00. The SMILES string of the molecule is C[C@@H](N)[C@@H](N)c1ccc(O)cc1. The molecule has 3 nitrogen and oxygen atoms in total. The molecule has 0 heterocycles. The second kappa shape index (κ2) is 3.56. The van der Waals surface area contributed by atoms with Crippen LogP contribution >= 0.6 is 0 Å². The molecule has 12 heavy (non-hydrogen) atoms. The fourth-order valence-electron chi connectivity index (χ4n) is 1.00. The third kappa shape index (κ3) is 1.96. The molecule has 0 aliphatic heterocycles. The van der Waals surface area contributed by atoms with Gasteiger partial charge in [-0.3, -0.25) is 0 Å². The van der Waals surface area contributed by atoms with Crippen LogP contribution < -0.4 is 11.5 Å². The zero-order valence-electron chi connectivity index (χ0n) is 7.07. The molecule has 1 aromatic carbocycles. The molecular weight excluding hydrogens is 152 g/mol. The molecule has 0 aliphatic carbocycles. The number of aromatic hydroxyl groups is 1. The number of nitrogens with two attached hydrogens (primary N) is 2. The van der Waals surface area contributed by atoms with E-state index in [0.29, 0.717) is 0 Å². The van der Waals surface area contributed by atoms with E-state index < -0.39 is 0 Å². The lowest BCUT2D eigenvalue weighted by Crippen LogP contribution is -2.30. The molecule has 1 aromatic rings. The Labute approximate surface area is 72.0 Å². The number of hydrogen-bond donors (Lipinski definition) is 3. The molecule has 0 radical (unpaired) electrons. The van der Waals surface area contributed by atoms with Gasteiger partial charge in [0.1, 0.15) is 5.75 Å². The van der Waals surface area contributed by atoms with Crippen LogP contribution in [0.3, 0.4) is 0 Å². The highest BCUT2D eigenvalue weighted by Gasteiger charge is 2.09. The van der Waals surface area contributed by atoms with Gasteiger partial charge in [0, 0.05) is 12.1 Å². The summed E-state index contributed by atoms with van der Waals surface area (Å²) < 4.78 is 0. The zero-order valence-corrected chi connectivity index (χ0v) is 7.07. The lowest BCUT2D eigenvalue weighted by atomic mass is 10.0. The summed E-state index contributed by atoms with van der Waals surface area (Å²) in [6.45, 7) is 1.86. The van der Waals surface area contributed by atoms with Gasteiger partial charge in [0.15, 0.2) is 0 Å². The van der Waals surface area contributed by atoms with E-state index in [4.69, 9.17) is 16.6 Å². The van der Waals surface area contributed by atoms with Gasteiger partial charge in [-0.1, -0.05) is 12.1 Å². The topological polar surface area (TPSA) is 72.3 Å². The first kappa shape index (κ1) is 9.03. The average molecular weight is 166 g/mol. The highest BCUT2D eigenvalue weighted by molar-refractivity contribution is 5.28. The van der Waals surface area contributed by atoms with Crippen molar-refractivity contribution in [3.05, 3.63) is 29.8 Å². The van der Waals surface area contributed by atoms with Crippen molar-refractivity contribution >= 4 is 0 Å². The Morgan fingerprint density at radius 2 is 1.67 bits per heavy atom. The van der Waals surface area contributed by atoms with E-state index in [9.17, 15) is 0 Å². The molecule has 3 heteroatoms. The van der Waals surface area contributed by atoms with Crippen LogP contribution in [0.15, 0.2) is 24.3 Å². The molecule has 1 rings (SSSR count).